The number of cyclic esters (lactones) is 1. The second kappa shape index (κ2) is 7.51. The first-order valence-corrected chi connectivity index (χ1v) is 9.33. The molecule has 0 aliphatic carbocycles. The quantitative estimate of drug-likeness (QED) is 0.789. The maximum Gasteiger partial charge on any atom is 0.411 e. The summed E-state index contributed by atoms with van der Waals surface area (Å²) in [6.07, 6.45) is 0.118. The lowest BCUT2D eigenvalue weighted by Crippen LogP contribution is -2.51. The normalized spacial score (nSPS) is 21.4. The average molecular weight is 389 g/mol. The monoisotopic (exact) mass is 389 g/mol. The Balaban J connectivity index is 1.87. The number of hydrogen-bond acceptors (Lipinski definition) is 3. The zero-order valence-corrected chi connectivity index (χ0v) is 16.3. The molecule has 0 unspecified atom stereocenters. The van der Waals surface area contributed by atoms with Gasteiger partial charge in [0.05, 0.1) is 11.6 Å². The van der Waals surface area contributed by atoms with Gasteiger partial charge in [-0.2, -0.15) is 0 Å². The highest BCUT2D eigenvalue weighted by molar-refractivity contribution is 5.70. The van der Waals surface area contributed by atoms with E-state index in [1.54, 1.807) is 43.0 Å². The molecule has 3 rings (SSSR count). The van der Waals surface area contributed by atoms with Gasteiger partial charge in [-0.3, -0.25) is 0 Å². The summed E-state index contributed by atoms with van der Waals surface area (Å²) in [5.41, 5.74) is -0.671. The minimum absolute atomic E-state index is 0.191. The van der Waals surface area contributed by atoms with Crippen molar-refractivity contribution in [2.45, 2.75) is 50.9 Å². The molecule has 2 aromatic rings. The van der Waals surface area contributed by atoms with Crippen LogP contribution in [0.15, 0.2) is 48.5 Å². The van der Waals surface area contributed by atoms with Crippen LogP contribution >= 0.6 is 0 Å². The van der Waals surface area contributed by atoms with E-state index in [4.69, 9.17) is 4.74 Å². The Kier molecular flexibility index (Phi) is 5.44. The Morgan fingerprint density at radius 1 is 1.11 bits per heavy atom. The van der Waals surface area contributed by atoms with Crippen LogP contribution in [0.4, 0.5) is 13.6 Å². The zero-order chi connectivity index (χ0) is 20.5. The standard InChI is InChI=1S/C22H25F2NO3/c1-15(16-4-8-18(23)9-5-16)25-13-12-22(28-20(25)26,14-21(2,3)27)17-6-10-19(24)11-7-17/h4-11,15,27H,12-14H2,1-3H3/t15-,22-/m0/s1. The summed E-state index contributed by atoms with van der Waals surface area (Å²) in [7, 11) is 0. The van der Waals surface area contributed by atoms with Crippen LogP contribution in [-0.4, -0.2) is 28.2 Å². The molecule has 1 heterocycles. The molecule has 0 radical (unpaired) electrons. The van der Waals surface area contributed by atoms with Crippen LogP contribution in [0.25, 0.3) is 0 Å². The molecule has 28 heavy (non-hydrogen) atoms. The molecule has 2 aromatic carbocycles. The van der Waals surface area contributed by atoms with Gasteiger partial charge in [0.15, 0.2) is 0 Å². The Hall–Kier alpha value is -2.47. The number of carbonyl (C=O) groups is 1. The van der Waals surface area contributed by atoms with Crippen LogP contribution in [0.5, 0.6) is 0 Å². The van der Waals surface area contributed by atoms with Crippen molar-refractivity contribution in [2.24, 2.45) is 0 Å². The van der Waals surface area contributed by atoms with Gasteiger partial charge in [-0.05, 0) is 56.2 Å². The fourth-order valence-corrected chi connectivity index (χ4v) is 3.82. The molecule has 1 amide bonds. The van der Waals surface area contributed by atoms with Crippen molar-refractivity contribution in [1.29, 1.82) is 0 Å². The van der Waals surface area contributed by atoms with Crippen LogP contribution in [0.3, 0.4) is 0 Å². The van der Waals surface area contributed by atoms with Crippen LogP contribution < -0.4 is 0 Å². The maximum absolute atomic E-state index is 13.4. The predicted molar refractivity (Wildman–Crippen MR) is 102 cm³/mol. The molecule has 4 nitrogen and oxygen atoms in total. The molecular formula is C22H25F2NO3. The first kappa shape index (κ1) is 20.3. The van der Waals surface area contributed by atoms with Crippen molar-refractivity contribution < 1.29 is 23.4 Å². The minimum atomic E-state index is -1.08. The van der Waals surface area contributed by atoms with E-state index in [1.165, 1.54) is 24.3 Å². The van der Waals surface area contributed by atoms with Gasteiger partial charge >= 0.3 is 6.09 Å². The fraction of sp³-hybridized carbons (Fsp3) is 0.409. The third kappa shape index (κ3) is 4.33. The lowest BCUT2D eigenvalue weighted by molar-refractivity contribution is -0.101. The van der Waals surface area contributed by atoms with E-state index in [2.05, 4.69) is 0 Å². The van der Waals surface area contributed by atoms with Gasteiger partial charge in [-0.1, -0.05) is 24.3 Å². The van der Waals surface area contributed by atoms with E-state index in [0.29, 0.717) is 18.5 Å². The Morgan fingerprint density at radius 3 is 2.14 bits per heavy atom. The highest BCUT2D eigenvalue weighted by Crippen LogP contribution is 2.42. The molecule has 1 N–H and O–H groups in total. The number of benzene rings is 2. The summed E-state index contributed by atoms with van der Waals surface area (Å²) < 4.78 is 32.5. The van der Waals surface area contributed by atoms with E-state index in [1.807, 2.05) is 6.92 Å². The lowest BCUT2D eigenvalue weighted by atomic mass is 9.80. The van der Waals surface area contributed by atoms with Gasteiger partial charge in [0, 0.05) is 19.4 Å². The van der Waals surface area contributed by atoms with Crippen molar-refractivity contribution in [3.63, 3.8) is 0 Å². The maximum atomic E-state index is 13.4. The van der Waals surface area contributed by atoms with Gasteiger partial charge in [-0.25, -0.2) is 13.6 Å². The van der Waals surface area contributed by atoms with Crippen molar-refractivity contribution >= 4 is 6.09 Å². The molecular weight excluding hydrogens is 364 g/mol. The van der Waals surface area contributed by atoms with Gasteiger partial charge in [-0.15, -0.1) is 0 Å². The van der Waals surface area contributed by atoms with E-state index in [9.17, 15) is 18.7 Å². The first-order valence-electron chi connectivity index (χ1n) is 9.33. The summed E-state index contributed by atoms with van der Waals surface area (Å²) in [6, 6.07) is 11.5. The number of rotatable bonds is 5. The second-order valence-electron chi connectivity index (χ2n) is 8.03. The van der Waals surface area contributed by atoms with E-state index < -0.39 is 17.3 Å². The first-order chi connectivity index (χ1) is 13.1. The largest absolute Gasteiger partial charge is 0.438 e. The van der Waals surface area contributed by atoms with E-state index >= 15 is 0 Å². The molecule has 1 fully saturated rings. The highest BCUT2D eigenvalue weighted by Gasteiger charge is 2.46. The second-order valence-corrected chi connectivity index (χ2v) is 8.03. The molecule has 0 aromatic heterocycles. The van der Waals surface area contributed by atoms with Crippen molar-refractivity contribution in [3.8, 4) is 0 Å². The van der Waals surface area contributed by atoms with E-state index in [0.717, 1.165) is 5.56 Å². The molecule has 150 valence electrons. The van der Waals surface area contributed by atoms with Crippen LogP contribution in [0, 0.1) is 11.6 Å². The van der Waals surface area contributed by atoms with Crippen molar-refractivity contribution in [1.82, 2.24) is 4.90 Å². The third-order valence-corrected chi connectivity index (χ3v) is 5.18. The van der Waals surface area contributed by atoms with E-state index in [-0.39, 0.29) is 24.1 Å². The summed E-state index contributed by atoms with van der Waals surface area (Å²) in [5.74, 6) is -0.714. The number of amides is 1. The molecule has 1 aliphatic heterocycles. The van der Waals surface area contributed by atoms with Gasteiger partial charge in [0.25, 0.3) is 0 Å². The molecule has 2 atom stereocenters. The fourth-order valence-electron chi connectivity index (χ4n) is 3.82. The number of hydrogen-bond donors (Lipinski definition) is 1. The smallest absolute Gasteiger partial charge is 0.411 e. The molecule has 1 saturated heterocycles. The Morgan fingerprint density at radius 2 is 1.64 bits per heavy atom. The molecule has 1 aliphatic rings. The number of nitrogens with zero attached hydrogens (tertiary/aromatic N) is 1. The minimum Gasteiger partial charge on any atom is -0.438 e. The van der Waals surface area contributed by atoms with Gasteiger partial charge in [0.2, 0.25) is 0 Å². The topological polar surface area (TPSA) is 49.8 Å². The highest BCUT2D eigenvalue weighted by atomic mass is 19.1. The molecule has 6 heteroatoms. The summed E-state index contributed by atoms with van der Waals surface area (Å²) >= 11 is 0. The van der Waals surface area contributed by atoms with Gasteiger partial charge < -0.3 is 14.7 Å². The number of carbonyl (C=O) groups excluding carboxylic acids is 1. The van der Waals surface area contributed by atoms with Crippen LogP contribution in [0.2, 0.25) is 0 Å². The van der Waals surface area contributed by atoms with Crippen molar-refractivity contribution in [2.75, 3.05) is 6.54 Å². The lowest BCUT2D eigenvalue weighted by Gasteiger charge is -2.45. The third-order valence-electron chi connectivity index (χ3n) is 5.18. The zero-order valence-electron chi connectivity index (χ0n) is 16.3. The SMILES string of the molecule is C[C@@H](c1ccc(F)cc1)N1CC[C@](CC(C)(C)O)(c2ccc(F)cc2)OC1=O. The number of aliphatic hydroxyl groups is 1. The molecule has 0 spiro atoms. The summed E-state index contributed by atoms with van der Waals surface area (Å²) in [4.78, 5) is 14.5. The Bertz CT molecular complexity index is 830. The summed E-state index contributed by atoms with van der Waals surface area (Å²) in [5, 5.41) is 10.4. The predicted octanol–water partition coefficient (Wildman–Crippen LogP) is 4.92. The average Bonchev–Trinajstić information content (AvgIpc) is 2.61. The van der Waals surface area contributed by atoms with Crippen LogP contribution in [0.1, 0.15) is 50.8 Å². The molecule has 0 bridgehead atoms. The van der Waals surface area contributed by atoms with Crippen molar-refractivity contribution in [3.05, 3.63) is 71.3 Å². The number of halogens is 2. The number of ether oxygens (including phenoxy) is 1. The molecule has 0 saturated carbocycles. The summed E-state index contributed by atoms with van der Waals surface area (Å²) in [6.45, 7) is 5.56. The van der Waals surface area contributed by atoms with Gasteiger partial charge in [0.1, 0.15) is 17.2 Å². The Labute approximate surface area is 163 Å². The van der Waals surface area contributed by atoms with Crippen LogP contribution in [-0.2, 0) is 10.3 Å².